The maximum atomic E-state index is 11.6. The van der Waals surface area contributed by atoms with Crippen molar-refractivity contribution >= 4 is 10.2 Å². The quantitative estimate of drug-likeness (QED) is 0.624. The van der Waals surface area contributed by atoms with Crippen LogP contribution in [0.1, 0.15) is 5.56 Å². The molecule has 0 saturated heterocycles. The fraction of sp³-hybridized carbons (Fsp3) is 0.308. The number of hydrogen-bond acceptors (Lipinski definition) is 4. The Morgan fingerprint density at radius 3 is 2.57 bits per heavy atom. The van der Waals surface area contributed by atoms with Gasteiger partial charge in [0.15, 0.2) is 0 Å². The minimum atomic E-state index is -3.50. The van der Waals surface area contributed by atoms with Gasteiger partial charge in [0, 0.05) is 26.4 Å². The number of hydrogen-bond donors (Lipinski definition) is 3. The van der Waals surface area contributed by atoms with Crippen LogP contribution in [0.4, 0.5) is 0 Å². The summed E-state index contributed by atoms with van der Waals surface area (Å²) in [4.78, 5) is 0. The van der Waals surface area contributed by atoms with E-state index in [0.29, 0.717) is 6.61 Å². The van der Waals surface area contributed by atoms with Gasteiger partial charge < -0.3 is 4.74 Å². The molecule has 0 aliphatic heterocycles. The van der Waals surface area contributed by atoms with Crippen LogP contribution in [-0.2, 0) is 21.5 Å². The number of aromatic amines is 1. The van der Waals surface area contributed by atoms with E-state index >= 15 is 0 Å². The average Bonchev–Trinajstić information content (AvgIpc) is 3.00. The molecule has 0 amide bonds. The molecule has 2 rings (SSSR count). The van der Waals surface area contributed by atoms with Crippen molar-refractivity contribution in [1.29, 1.82) is 0 Å². The average molecular weight is 310 g/mol. The Morgan fingerprint density at radius 1 is 1.19 bits per heavy atom. The highest BCUT2D eigenvalue weighted by Crippen LogP contribution is 2.16. The zero-order chi connectivity index (χ0) is 15.1. The van der Waals surface area contributed by atoms with Gasteiger partial charge in [-0.05, 0) is 17.2 Å². The Labute approximate surface area is 123 Å². The summed E-state index contributed by atoms with van der Waals surface area (Å²) in [5.41, 5.74) is 2.79. The first kappa shape index (κ1) is 15.6. The number of nitrogens with zero attached hydrogens (tertiary/aromatic N) is 1. The van der Waals surface area contributed by atoms with Gasteiger partial charge in [-0.15, -0.1) is 0 Å². The molecule has 114 valence electrons. The molecule has 0 saturated carbocycles. The summed E-state index contributed by atoms with van der Waals surface area (Å²) in [5, 5.41) is 6.76. The number of benzene rings is 1. The molecule has 0 bridgehead atoms. The predicted octanol–water partition coefficient (Wildman–Crippen LogP) is 0.647. The zero-order valence-corrected chi connectivity index (χ0v) is 12.5. The Bertz CT molecular complexity index is 639. The van der Waals surface area contributed by atoms with Gasteiger partial charge in [-0.25, -0.2) is 0 Å². The van der Waals surface area contributed by atoms with E-state index in [9.17, 15) is 8.42 Å². The largest absolute Gasteiger partial charge is 0.383 e. The third-order valence-electron chi connectivity index (χ3n) is 2.83. The topological polar surface area (TPSA) is 96.1 Å². The molecule has 2 aromatic rings. The van der Waals surface area contributed by atoms with E-state index in [1.807, 2.05) is 30.3 Å². The van der Waals surface area contributed by atoms with Crippen LogP contribution in [0.25, 0.3) is 11.3 Å². The zero-order valence-electron chi connectivity index (χ0n) is 11.7. The standard InChI is InChI=1S/C13H18N4O3S/c1-20-9-8-15-21(18,19)16-10-11-2-4-12(5-3-11)13-6-7-14-17-13/h2-7,15-16H,8-10H2,1H3,(H,14,17). The lowest BCUT2D eigenvalue weighted by atomic mass is 10.1. The second-order valence-electron chi connectivity index (χ2n) is 4.38. The van der Waals surface area contributed by atoms with Gasteiger partial charge in [0.2, 0.25) is 0 Å². The number of nitrogens with one attached hydrogen (secondary N) is 3. The Hall–Kier alpha value is -1.74. The minimum absolute atomic E-state index is 0.228. The molecular formula is C13H18N4O3S. The number of ether oxygens (including phenoxy) is 1. The smallest absolute Gasteiger partial charge is 0.277 e. The number of H-pyrrole nitrogens is 1. The minimum Gasteiger partial charge on any atom is -0.383 e. The van der Waals surface area contributed by atoms with E-state index < -0.39 is 10.2 Å². The Morgan fingerprint density at radius 2 is 1.95 bits per heavy atom. The van der Waals surface area contributed by atoms with Crippen LogP contribution in [0.15, 0.2) is 36.5 Å². The first-order valence-corrected chi connectivity index (χ1v) is 7.91. The van der Waals surface area contributed by atoms with E-state index in [4.69, 9.17) is 4.74 Å². The van der Waals surface area contributed by atoms with Gasteiger partial charge in [0.1, 0.15) is 0 Å². The van der Waals surface area contributed by atoms with Crippen LogP contribution in [-0.4, -0.2) is 38.9 Å². The second kappa shape index (κ2) is 7.32. The highest BCUT2D eigenvalue weighted by molar-refractivity contribution is 7.87. The van der Waals surface area contributed by atoms with Gasteiger partial charge in [-0.3, -0.25) is 5.10 Å². The third-order valence-corrected chi connectivity index (χ3v) is 3.94. The molecule has 8 heteroatoms. The van der Waals surface area contributed by atoms with Crippen molar-refractivity contribution in [3.63, 3.8) is 0 Å². The summed E-state index contributed by atoms with van der Waals surface area (Å²) < 4.78 is 32.9. The van der Waals surface area contributed by atoms with E-state index in [0.717, 1.165) is 16.8 Å². The van der Waals surface area contributed by atoms with E-state index in [-0.39, 0.29) is 13.1 Å². The molecular weight excluding hydrogens is 292 g/mol. The Balaban J connectivity index is 1.89. The maximum absolute atomic E-state index is 11.6. The van der Waals surface area contributed by atoms with Crippen molar-refractivity contribution in [2.75, 3.05) is 20.3 Å². The van der Waals surface area contributed by atoms with Crippen LogP contribution in [0.5, 0.6) is 0 Å². The first-order chi connectivity index (χ1) is 10.1. The third kappa shape index (κ3) is 4.94. The number of rotatable bonds is 8. The van der Waals surface area contributed by atoms with E-state index in [1.54, 1.807) is 6.20 Å². The van der Waals surface area contributed by atoms with E-state index in [1.165, 1.54) is 7.11 Å². The van der Waals surface area contributed by atoms with Crippen LogP contribution in [0, 0.1) is 0 Å². The van der Waals surface area contributed by atoms with Gasteiger partial charge >= 0.3 is 0 Å². The summed E-state index contributed by atoms with van der Waals surface area (Å²) in [5.74, 6) is 0. The fourth-order valence-corrected chi connectivity index (χ4v) is 2.54. The molecule has 1 aromatic carbocycles. The normalized spacial score (nSPS) is 11.7. The molecule has 1 aromatic heterocycles. The van der Waals surface area contributed by atoms with Gasteiger partial charge in [-0.1, -0.05) is 24.3 Å². The lowest BCUT2D eigenvalue weighted by Crippen LogP contribution is -2.37. The molecule has 0 radical (unpaired) electrons. The molecule has 1 heterocycles. The molecule has 7 nitrogen and oxygen atoms in total. The van der Waals surface area contributed by atoms with Crippen molar-refractivity contribution in [3.05, 3.63) is 42.1 Å². The van der Waals surface area contributed by atoms with Crippen molar-refractivity contribution in [1.82, 2.24) is 19.6 Å². The first-order valence-electron chi connectivity index (χ1n) is 6.42. The fourth-order valence-electron chi connectivity index (χ4n) is 1.73. The van der Waals surface area contributed by atoms with Crippen molar-refractivity contribution in [2.45, 2.75) is 6.54 Å². The van der Waals surface area contributed by atoms with Crippen LogP contribution in [0.2, 0.25) is 0 Å². The molecule has 0 unspecified atom stereocenters. The summed E-state index contributed by atoms with van der Waals surface area (Å²) in [6.07, 6.45) is 1.68. The van der Waals surface area contributed by atoms with Crippen LogP contribution >= 0.6 is 0 Å². The van der Waals surface area contributed by atoms with Crippen molar-refractivity contribution in [3.8, 4) is 11.3 Å². The number of aromatic nitrogens is 2. The summed E-state index contributed by atoms with van der Waals surface area (Å²) >= 11 is 0. The summed E-state index contributed by atoms with van der Waals surface area (Å²) in [6, 6.07) is 9.43. The Kier molecular flexibility index (Phi) is 5.45. The molecule has 3 N–H and O–H groups in total. The van der Waals surface area contributed by atoms with Crippen LogP contribution in [0.3, 0.4) is 0 Å². The molecule has 21 heavy (non-hydrogen) atoms. The summed E-state index contributed by atoms with van der Waals surface area (Å²) in [7, 11) is -1.98. The molecule has 0 atom stereocenters. The highest BCUT2D eigenvalue weighted by atomic mass is 32.2. The highest BCUT2D eigenvalue weighted by Gasteiger charge is 2.08. The van der Waals surface area contributed by atoms with Crippen LogP contribution < -0.4 is 9.44 Å². The predicted molar refractivity (Wildman–Crippen MR) is 79.7 cm³/mol. The molecule has 0 fully saturated rings. The van der Waals surface area contributed by atoms with Crippen molar-refractivity contribution in [2.24, 2.45) is 0 Å². The van der Waals surface area contributed by atoms with Gasteiger partial charge in [0.05, 0.1) is 12.3 Å². The van der Waals surface area contributed by atoms with Gasteiger partial charge in [-0.2, -0.15) is 23.0 Å². The summed E-state index contributed by atoms with van der Waals surface area (Å²) in [6.45, 7) is 0.802. The molecule has 0 aliphatic carbocycles. The number of methoxy groups -OCH3 is 1. The monoisotopic (exact) mass is 310 g/mol. The van der Waals surface area contributed by atoms with E-state index in [2.05, 4.69) is 19.6 Å². The van der Waals surface area contributed by atoms with Crippen molar-refractivity contribution < 1.29 is 13.2 Å². The lowest BCUT2D eigenvalue weighted by Gasteiger charge is -2.08. The van der Waals surface area contributed by atoms with Gasteiger partial charge in [0.25, 0.3) is 10.2 Å². The maximum Gasteiger partial charge on any atom is 0.277 e. The SMILES string of the molecule is COCCNS(=O)(=O)NCc1ccc(-c2ccn[nH]2)cc1. The second-order valence-corrected chi connectivity index (χ2v) is 5.96. The molecule has 0 aliphatic rings. The lowest BCUT2D eigenvalue weighted by molar-refractivity contribution is 0.204. The molecule has 0 spiro atoms.